The van der Waals surface area contributed by atoms with Crippen molar-refractivity contribution < 1.29 is 48.7 Å². The van der Waals surface area contributed by atoms with Crippen LogP contribution in [0.2, 0.25) is 0 Å². The van der Waals surface area contributed by atoms with Gasteiger partial charge in [0.1, 0.15) is 34.5 Å². The van der Waals surface area contributed by atoms with Crippen molar-refractivity contribution in [1.29, 1.82) is 0 Å². The Labute approximate surface area is 225 Å². The van der Waals surface area contributed by atoms with Crippen LogP contribution in [0.3, 0.4) is 0 Å². The number of carbonyl (C=O) groups is 3. The molecule has 5 rings (SSSR count). The number of halogens is 2. The quantitative estimate of drug-likeness (QED) is 0.304. The number of ketones is 2. The van der Waals surface area contributed by atoms with Gasteiger partial charge in [-0.3, -0.25) is 19.3 Å². The molecule has 0 spiro atoms. The lowest BCUT2D eigenvalue weighted by atomic mass is 9.55. The third-order valence-electron chi connectivity index (χ3n) is 7.80. The molecule has 1 saturated carbocycles. The Morgan fingerprint density at radius 2 is 1.77 bits per heavy atom. The molecule has 2 aromatic carbocycles. The average molecular weight is 555 g/mol. The fourth-order valence-corrected chi connectivity index (χ4v) is 6.10. The van der Waals surface area contributed by atoms with Crippen LogP contribution in [-0.4, -0.2) is 79.7 Å². The van der Waals surface area contributed by atoms with E-state index in [4.69, 9.17) is 5.73 Å². The van der Waals surface area contributed by atoms with Gasteiger partial charge in [-0.15, -0.1) is 0 Å². The Hall–Kier alpha value is -4.39. The normalized spacial score (nSPS) is 29.0. The number of carbonyl (C=O) groups excluding carboxylic acids is 3. The van der Waals surface area contributed by atoms with Crippen LogP contribution in [-0.2, 0) is 14.4 Å². The van der Waals surface area contributed by atoms with Crippen molar-refractivity contribution in [1.82, 2.24) is 4.90 Å². The first kappa shape index (κ1) is 27.2. The van der Waals surface area contributed by atoms with E-state index in [1.54, 1.807) is 0 Å². The van der Waals surface area contributed by atoms with Gasteiger partial charge in [0.2, 0.25) is 5.78 Å². The summed E-state index contributed by atoms with van der Waals surface area (Å²) >= 11 is 0. The minimum absolute atomic E-state index is 0.0127. The highest BCUT2D eigenvalue weighted by molar-refractivity contribution is 6.25. The molecular weight excluding hydrogens is 530 g/mol. The molecule has 5 unspecified atom stereocenters. The molecule has 12 heteroatoms. The van der Waals surface area contributed by atoms with E-state index in [0.717, 1.165) is 12.1 Å². The maximum Gasteiger partial charge on any atom is 0.255 e. The number of primary amides is 1. The van der Waals surface area contributed by atoms with E-state index in [1.807, 2.05) is 0 Å². The zero-order chi connectivity index (χ0) is 29.4. The first-order valence-corrected chi connectivity index (χ1v) is 12.0. The smallest absolute Gasteiger partial charge is 0.255 e. The lowest BCUT2D eigenvalue weighted by Gasteiger charge is -2.53. The zero-order valence-corrected chi connectivity index (χ0v) is 21.1. The third-order valence-corrected chi connectivity index (χ3v) is 7.80. The molecular formula is C28H24F2N2O8. The predicted octanol–water partition coefficient (Wildman–Crippen LogP) is 1.21. The molecule has 1 fully saturated rings. The van der Waals surface area contributed by atoms with Crippen LogP contribution in [0.15, 0.2) is 53.3 Å². The topological polar surface area (TPSA) is 182 Å². The Morgan fingerprint density at radius 3 is 2.38 bits per heavy atom. The molecule has 3 aliphatic rings. The number of hydrogen-bond acceptors (Lipinski definition) is 9. The second-order valence-corrected chi connectivity index (χ2v) is 10.2. The summed E-state index contributed by atoms with van der Waals surface area (Å²) in [6.45, 7) is 0. The average Bonchev–Trinajstić information content (AvgIpc) is 2.86. The maximum atomic E-state index is 14.8. The molecule has 5 atom stereocenters. The molecule has 10 nitrogen and oxygen atoms in total. The van der Waals surface area contributed by atoms with Crippen LogP contribution in [0.4, 0.5) is 8.78 Å². The number of Topliss-reactive ketones (excluding diaryl/α,β-unsaturated/α-hetero) is 2. The molecule has 0 aliphatic heterocycles. The van der Waals surface area contributed by atoms with E-state index in [9.17, 15) is 48.7 Å². The number of aromatic hydroxyl groups is 1. The fraction of sp³-hybridized carbons (Fsp3) is 0.250. The molecule has 2 aromatic rings. The van der Waals surface area contributed by atoms with Gasteiger partial charge in [-0.05, 0) is 49.5 Å². The van der Waals surface area contributed by atoms with Gasteiger partial charge in [-0.1, -0.05) is 12.1 Å². The van der Waals surface area contributed by atoms with Gasteiger partial charge >= 0.3 is 0 Å². The summed E-state index contributed by atoms with van der Waals surface area (Å²) in [5.74, 6) is -11.8. The van der Waals surface area contributed by atoms with Crippen molar-refractivity contribution >= 4 is 34.9 Å². The van der Waals surface area contributed by atoms with E-state index in [0.29, 0.717) is 6.07 Å². The number of benzene rings is 2. The van der Waals surface area contributed by atoms with Gasteiger partial charge in [0.15, 0.2) is 11.4 Å². The lowest BCUT2D eigenvalue weighted by molar-refractivity contribution is -0.166. The van der Waals surface area contributed by atoms with Gasteiger partial charge in [0.25, 0.3) is 5.91 Å². The Bertz CT molecular complexity index is 1610. The van der Waals surface area contributed by atoms with Crippen LogP contribution in [0.1, 0.15) is 16.7 Å². The van der Waals surface area contributed by atoms with Crippen LogP contribution in [0.5, 0.6) is 5.75 Å². The summed E-state index contributed by atoms with van der Waals surface area (Å²) in [6, 6.07) is 5.15. The maximum absolute atomic E-state index is 14.8. The fourth-order valence-electron chi connectivity index (χ4n) is 6.10. The van der Waals surface area contributed by atoms with Crippen molar-refractivity contribution in [3.63, 3.8) is 0 Å². The number of amides is 1. The van der Waals surface area contributed by atoms with E-state index < -0.39 is 87.1 Å². The summed E-state index contributed by atoms with van der Waals surface area (Å²) in [6.07, 6.45) is -0.733. The van der Waals surface area contributed by atoms with Gasteiger partial charge < -0.3 is 31.3 Å². The molecule has 7 N–H and O–H groups in total. The monoisotopic (exact) mass is 554 g/mol. The highest BCUT2D eigenvalue weighted by Gasteiger charge is 2.68. The summed E-state index contributed by atoms with van der Waals surface area (Å²) in [4.78, 5) is 40.7. The first-order valence-electron chi connectivity index (χ1n) is 12.0. The molecule has 0 bridgehead atoms. The largest absolute Gasteiger partial charge is 0.508 e. The number of hydrogen-bond donors (Lipinski definition) is 6. The number of fused-ring (bicyclic) bond motifs is 3. The molecule has 0 radical (unpaired) electrons. The third kappa shape index (κ3) is 3.53. The summed E-state index contributed by atoms with van der Waals surface area (Å²) in [5.41, 5.74) is 0.0915. The molecule has 0 heterocycles. The van der Waals surface area contributed by atoms with Gasteiger partial charge in [-0.25, -0.2) is 8.78 Å². The molecule has 3 aliphatic carbocycles. The van der Waals surface area contributed by atoms with Crippen LogP contribution in [0, 0.1) is 23.5 Å². The van der Waals surface area contributed by atoms with Gasteiger partial charge in [0.05, 0.1) is 29.2 Å². The van der Waals surface area contributed by atoms with Crippen molar-refractivity contribution in [2.75, 3.05) is 14.1 Å². The summed E-state index contributed by atoms with van der Waals surface area (Å²) in [7, 11) is 2.76. The van der Waals surface area contributed by atoms with Gasteiger partial charge in [-0.2, -0.15) is 0 Å². The van der Waals surface area contributed by atoms with Gasteiger partial charge in [0, 0.05) is 17.5 Å². The van der Waals surface area contributed by atoms with E-state index in [1.165, 1.54) is 43.3 Å². The number of aliphatic hydroxyl groups is 4. The standard InChI is InChI=1S/C28H24F2N2O8/c1-32(2)21-20-23(35)17-13(8-10-6-7-11(29)9-14(10)30)12-4-3-5-15(33)16(12)22(34)18(17)25(37)28(20,40)26(38)19(24(21)36)27(31)39/h3-9,17,20-21,23,33-35,38,40H,1-2H3,(H2,31,39)/b13-8+. The van der Waals surface area contributed by atoms with Crippen molar-refractivity contribution in [3.8, 4) is 5.75 Å². The summed E-state index contributed by atoms with van der Waals surface area (Å²) < 4.78 is 28.4. The number of phenols is 1. The number of nitrogens with two attached hydrogens (primary N) is 1. The SMILES string of the molecule is CN(C)C1C(=O)C(C(N)=O)=C(O)C2(O)C(=O)C3=C(O)c4c(O)cccc4/C(=C\c4ccc(F)cc4F)C3C(O)C12. The van der Waals surface area contributed by atoms with Crippen molar-refractivity contribution in [2.45, 2.75) is 17.7 Å². The predicted molar refractivity (Wildman–Crippen MR) is 136 cm³/mol. The highest BCUT2D eigenvalue weighted by atomic mass is 19.1. The molecule has 1 amide bonds. The van der Waals surface area contributed by atoms with E-state index >= 15 is 0 Å². The molecule has 0 saturated heterocycles. The number of aliphatic hydroxyl groups excluding tert-OH is 3. The molecule has 40 heavy (non-hydrogen) atoms. The minimum atomic E-state index is -3.10. The highest BCUT2D eigenvalue weighted by Crippen LogP contribution is 2.56. The van der Waals surface area contributed by atoms with Crippen molar-refractivity contribution in [2.24, 2.45) is 17.6 Å². The summed E-state index contributed by atoms with van der Waals surface area (Å²) in [5, 5.41) is 56.3. The first-order chi connectivity index (χ1) is 18.7. The van der Waals surface area contributed by atoms with E-state index in [2.05, 4.69) is 0 Å². The van der Waals surface area contributed by atoms with Crippen molar-refractivity contribution in [3.05, 3.63) is 81.6 Å². The van der Waals surface area contributed by atoms with Crippen LogP contribution in [0.25, 0.3) is 17.4 Å². The minimum Gasteiger partial charge on any atom is -0.508 e. The number of nitrogens with zero attached hydrogens (tertiary/aromatic N) is 1. The Balaban J connectivity index is 1.87. The number of rotatable bonds is 3. The molecule has 208 valence electrons. The number of phenolic OH excluding ortho intramolecular Hbond substituents is 1. The Kier molecular flexibility index (Phi) is 6.17. The van der Waals surface area contributed by atoms with E-state index in [-0.39, 0.29) is 22.3 Å². The Morgan fingerprint density at radius 1 is 1.10 bits per heavy atom. The lowest BCUT2D eigenvalue weighted by Crippen LogP contribution is -2.70. The van der Waals surface area contributed by atoms with Crippen LogP contribution < -0.4 is 5.73 Å². The molecule has 0 aromatic heterocycles. The zero-order valence-electron chi connectivity index (χ0n) is 21.1. The van der Waals surface area contributed by atoms with Crippen LogP contribution >= 0.6 is 0 Å². The number of likely N-dealkylation sites (N-methyl/N-ethyl adjacent to an activating group) is 1. The second-order valence-electron chi connectivity index (χ2n) is 10.2. The second kappa shape index (κ2) is 9.08.